The van der Waals surface area contributed by atoms with E-state index in [1.165, 1.54) is 44.1 Å². The number of aromatic nitrogens is 1. The molecule has 2 amide bonds. The molecule has 1 atom stereocenters. The molecule has 0 aliphatic carbocycles. The molecule has 6 heteroatoms. The SMILES string of the molecule is O=C(NCc1ccnc(N2CCCCCC2)c1)NCC(c1ccccc1)N1CCCC1. The molecule has 3 heterocycles. The van der Waals surface area contributed by atoms with E-state index < -0.39 is 0 Å². The maximum Gasteiger partial charge on any atom is 0.315 e. The summed E-state index contributed by atoms with van der Waals surface area (Å²) in [7, 11) is 0. The summed E-state index contributed by atoms with van der Waals surface area (Å²) in [6.45, 7) is 5.46. The average Bonchev–Trinajstić information content (AvgIpc) is 3.20. The van der Waals surface area contributed by atoms with Gasteiger partial charge in [-0.3, -0.25) is 4.90 Å². The Morgan fingerprint density at radius 2 is 1.61 bits per heavy atom. The van der Waals surface area contributed by atoms with Crippen LogP contribution in [-0.2, 0) is 6.54 Å². The third-order valence-corrected chi connectivity index (χ3v) is 6.41. The third-order valence-electron chi connectivity index (χ3n) is 6.41. The molecule has 2 N–H and O–H groups in total. The van der Waals surface area contributed by atoms with Crippen molar-refractivity contribution in [2.75, 3.05) is 37.6 Å². The molecule has 1 aromatic heterocycles. The highest BCUT2D eigenvalue weighted by Crippen LogP contribution is 2.24. The van der Waals surface area contributed by atoms with Crippen molar-refractivity contribution in [3.05, 3.63) is 59.8 Å². The minimum atomic E-state index is -0.117. The monoisotopic (exact) mass is 421 g/mol. The summed E-state index contributed by atoms with van der Waals surface area (Å²) >= 11 is 0. The fourth-order valence-corrected chi connectivity index (χ4v) is 4.66. The van der Waals surface area contributed by atoms with E-state index >= 15 is 0 Å². The highest BCUT2D eigenvalue weighted by Gasteiger charge is 2.23. The molecule has 1 aromatic carbocycles. The Balaban J connectivity index is 1.30. The van der Waals surface area contributed by atoms with Gasteiger partial charge in [-0.1, -0.05) is 43.2 Å². The molecular formula is C25H35N5O. The number of nitrogens with zero attached hydrogens (tertiary/aromatic N) is 3. The molecule has 0 saturated carbocycles. The summed E-state index contributed by atoms with van der Waals surface area (Å²) in [5, 5.41) is 6.12. The van der Waals surface area contributed by atoms with Crippen LogP contribution in [0.3, 0.4) is 0 Å². The van der Waals surface area contributed by atoms with Crippen LogP contribution in [0.25, 0.3) is 0 Å². The second kappa shape index (κ2) is 11.1. The van der Waals surface area contributed by atoms with E-state index in [4.69, 9.17) is 0 Å². The number of benzene rings is 1. The molecule has 0 bridgehead atoms. The molecule has 4 rings (SSSR count). The van der Waals surface area contributed by atoms with Crippen molar-refractivity contribution in [1.82, 2.24) is 20.5 Å². The zero-order valence-corrected chi connectivity index (χ0v) is 18.4. The van der Waals surface area contributed by atoms with Crippen LogP contribution in [0.2, 0.25) is 0 Å². The van der Waals surface area contributed by atoms with Crippen LogP contribution in [0.15, 0.2) is 48.7 Å². The van der Waals surface area contributed by atoms with Crippen molar-refractivity contribution >= 4 is 11.8 Å². The number of hydrogen-bond donors (Lipinski definition) is 2. The summed E-state index contributed by atoms with van der Waals surface area (Å²) in [5.41, 5.74) is 2.35. The summed E-state index contributed by atoms with van der Waals surface area (Å²) < 4.78 is 0. The van der Waals surface area contributed by atoms with Gasteiger partial charge in [-0.05, 0) is 62.0 Å². The number of anilines is 1. The topological polar surface area (TPSA) is 60.5 Å². The molecule has 0 radical (unpaired) electrons. The molecule has 2 aliphatic rings. The number of rotatable bonds is 7. The van der Waals surface area contributed by atoms with Crippen molar-refractivity contribution in [2.24, 2.45) is 0 Å². The van der Waals surface area contributed by atoms with Gasteiger partial charge in [-0.2, -0.15) is 0 Å². The van der Waals surface area contributed by atoms with Gasteiger partial charge in [0.15, 0.2) is 0 Å². The Morgan fingerprint density at radius 3 is 2.35 bits per heavy atom. The number of amides is 2. The maximum absolute atomic E-state index is 12.5. The first-order chi connectivity index (χ1) is 15.3. The molecule has 6 nitrogen and oxygen atoms in total. The molecule has 31 heavy (non-hydrogen) atoms. The summed E-state index contributed by atoms with van der Waals surface area (Å²) in [4.78, 5) is 21.9. The van der Waals surface area contributed by atoms with Gasteiger partial charge in [0, 0.05) is 32.4 Å². The fourth-order valence-electron chi connectivity index (χ4n) is 4.66. The van der Waals surface area contributed by atoms with Gasteiger partial charge in [-0.15, -0.1) is 0 Å². The van der Waals surface area contributed by atoms with Crippen LogP contribution in [0, 0.1) is 0 Å². The van der Waals surface area contributed by atoms with E-state index in [-0.39, 0.29) is 12.1 Å². The predicted octanol–water partition coefficient (Wildman–Crippen LogP) is 4.10. The smallest absolute Gasteiger partial charge is 0.315 e. The quantitative estimate of drug-likeness (QED) is 0.707. The molecule has 166 valence electrons. The van der Waals surface area contributed by atoms with Gasteiger partial charge in [0.1, 0.15) is 5.82 Å². The zero-order valence-electron chi connectivity index (χ0n) is 18.4. The van der Waals surface area contributed by atoms with Gasteiger partial charge >= 0.3 is 6.03 Å². The maximum atomic E-state index is 12.5. The lowest BCUT2D eigenvalue weighted by atomic mass is 10.1. The lowest BCUT2D eigenvalue weighted by Gasteiger charge is -2.28. The fraction of sp³-hybridized carbons (Fsp3) is 0.520. The molecule has 2 saturated heterocycles. The van der Waals surface area contributed by atoms with Crippen molar-refractivity contribution < 1.29 is 4.79 Å². The van der Waals surface area contributed by atoms with Crippen LogP contribution >= 0.6 is 0 Å². The minimum Gasteiger partial charge on any atom is -0.357 e. The first-order valence-electron chi connectivity index (χ1n) is 11.8. The van der Waals surface area contributed by atoms with Crippen LogP contribution < -0.4 is 15.5 Å². The Labute approximate surface area is 186 Å². The van der Waals surface area contributed by atoms with Gasteiger partial charge < -0.3 is 15.5 Å². The van der Waals surface area contributed by atoms with Crippen LogP contribution in [-0.4, -0.2) is 48.6 Å². The largest absolute Gasteiger partial charge is 0.357 e. The Bertz CT molecular complexity index is 814. The molecule has 2 aliphatic heterocycles. The Hall–Kier alpha value is -2.60. The number of carbonyl (C=O) groups excluding carboxylic acids is 1. The lowest BCUT2D eigenvalue weighted by molar-refractivity contribution is 0.220. The second-order valence-corrected chi connectivity index (χ2v) is 8.66. The predicted molar refractivity (Wildman–Crippen MR) is 125 cm³/mol. The number of pyridine rings is 1. The minimum absolute atomic E-state index is 0.117. The van der Waals surface area contributed by atoms with E-state index in [0.717, 1.165) is 37.6 Å². The number of hydrogen-bond acceptors (Lipinski definition) is 4. The first-order valence-corrected chi connectivity index (χ1v) is 11.8. The van der Waals surface area contributed by atoms with Crippen LogP contribution in [0.5, 0.6) is 0 Å². The Kier molecular flexibility index (Phi) is 7.77. The first kappa shape index (κ1) is 21.6. The zero-order chi connectivity index (χ0) is 21.3. The number of carbonyl (C=O) groups is 1. The summed E-state index contributed by atoms with van der Waals surface area (Å²) in [6.07, 6.45) is 9.39. The van der Waals surface area contributed by atoms with Crippen LogP contribution in [0.1, 0.15) is 55.7 Å². The van der Waals surface area contributed by atoms with E-state index in [1.54, 1.807) is 0 Å². The highest BCUT2D eigenvalue weighted by molar-refractivity contribution is 5.73. The lowest BCUT2D eigenvalue weighted by Crippen LogP contribution is -2.41. The van der Waals surface area contributed by atoms with Crippen molar-refractivity contribution in [3.8, 4) is 0 Å². The molecular weight excluding hydrogens is 386 g/mol. The van der Waals surface area contributed by atoms with Crippen molar-refractivity contribution in [2.45, 2.75) is 51.1 Å². The molecule has 2 aromatic rings. The molecule has 1 unspecified atom stereocenters. The van der Waals surface area contributed by atoms with Gasteiger partial charge in [0.05, 0.1) is 6.04 Å². The van der Waals surface area contributed by atoms with E-state index in [0.29, 0.717) is 13.1 Å². The Morgan fingerprint density at radius 1 is 0.903 bits per heavy atom. The average molecular weight is 422 g/mol. The van der Waals surface area contributed by atoms with E-state index in [1.807, 2.05) is 18.3 Å². The van der Waals surface area contributed by atoms with Gasteiger partial charge in [-0.25, -0.2) is 9.78 Å². The van der Waals surface area contributed by atoms with Gasteiger partial charge in [0.25, 0.3) is 0 Å². The molecule has 0 spiro atoms. The summed E-state index contributed by atoms with van der Waals surface area (Å²) in [6, 6.07) is 14.7. The number of likely N-dealkylation sites (tertiary alicyclic amines) is 1. The van der Waals surface area contributed by atoms with E-state index in [2.05, 4.69) is 55.7 Å². The summed E-state index contributed by atoms with van der Waals surface area (Å²) in [5.74, 6) is 1.03. The van der Waals surface area contributed by atoms with Crippen molar-refractivity contribution in [3.63, 3.8) is 0 Å². The third kappa shape index (κ3) is 6.20. The van der Waals surface area contributed by atoms with Gasteiger partial charge in [0.2, 0.25) is 0 Å². The standard InChI is InChI=1S/C25H35N5O/c31-25(28-20-23(29-14-8-9-15-29)22-10-4-3-5-11-22)27-19-21-12-13-26-24(18-21)30-16-6-1-2-7-17-30/h3-5,10-13,18,23H,1-2,6-9,14-17,19-20H2,(H2,27,28,31). The molecule has 2 fully saturated rings. The van der Waals surface area contributed by atoms with Crippen LogP contribution in [0.4, 0.5) is 10.6 Å². The normalized spacial score (nSPS) is 18.4. The highest BCUT2D eigenvalue weighted by atomic mass is 16.2. The number of urea groups is 1. The second-order valence-electron chi connectivity index (χ2n) is 8.66. The van der Waals surface area contributed by atoms with E-state index in [9.17, 15) is 4.79 Å². The van der Waals surface area contributed by atoms with Crippen molar-refractivity contribution in [1.29, 1.82) is 0 Å². The number of nitrogens with one attached hydrogen (secondary N) is 2.